The smallest absolute Gasteiger partial charge is 0.161 e. The first kappa shape index (κ1) is 19.5. The number of hydrogen-bond donors (Lipinski definition) is 1. The van der Waals surface area contributed by atoms with E-state index < -0.39 is 0 Å². The zero-order valence-electron chi connectivity index (χ0n) is 17.6. The molecule has 3 heterocycles. The molecule has 30 heavy (non-hydrogen) atoms. The molecule has 1 fully saturated rings. The number of likely N-dealkylation sites (N-methyl/N-ethyl adjacent to an activating group) is 1. The van der Waals surface area contributed by atoms with E-state index in [1.807, 2.05) is 18.3 Å². The molecular formula is C23H30N6O. The monoisotopic (exact) mass is 406 g/mol. The fraction of sp³-hybridized carbons (Fsp3) is 0.478. The van der Waals surface area contributed by atoms with Gasteiger partial charge in [0, 0.05) is 45.2 Å². The van der Waals surface area contributed by atoms with Crippen LogP contribution < -0.4 is 10.5 Å². The minimum Gasteiger partial charge on any atom is -0.484 e. The molecule has 0 unspecified atom stereocenters. The van der Waals surface area contributed by atoms with Crippen molar-refractivity contribution in [2.24, 2.45) is 5.73 Å². The van der Waals surface area contributed by atoms with Crippen LogP contribution in [-0.4, -0.2) is 64.2 Å². The third kappa shape index (κ3) is 3.93. The number of rotatable bonds is 5. The summed E-state index contributed by atoms with van der Waals surface area (Å²) in [6.45, 7) is 5.50. The maximum Gasteiger partial charge on any atom is 0.161 e. The Bertz CT molecular complexity index is 1010. The minimum absolute atomic E-state index is 0.0312. The first-order chi connectivity index (χ1) is 14.7. The predicted molar refractivity (Wildman–Crippen MR) is 117 cm³/mol. The lowest BCUT2D eigenvalue weighted by molar-refractivity contribution is 0.155. The second-order valence-corrected chi connectivity index (χ2v) is 8.52. The molecule has 1 aliphatic heterocycles. The summed E-state index contributed by atoms with van der Waals surface area (Å²) in [6, 6.07) is 12.5. The van der Waals surface area contributed by atoms with Gasteiger partial charge in [-0.15, -0.1) is 10.2 Å². The molecule has 158 valence electrons. The van der Waals surface area contributed by atoms with E-state index in [0.717, 1.165) is 69.2 Å². The van der Waals surface area contributed by atoms with E-state index in [0.29, 0.717) is 0 Å². The quantitative estimate of drug-likeness (QED) is 0.702. The zero-order valence-corrected chi connectivity index (χ0v) is 17.6. The van der Waals surface area contributed by atoms with Crippen LogP contribution in [0.1, 0.15) is 41.9 Å². The van der Waals surface area contributed by atoms with Gasteiger partial charge in [-0.2, -0.15) is 0 Å². The second-order valence-electron chi connectivity index (χ2n) is 8.52. The lowest BCUT2D eigenvalue weighted by atomic mass is 9.86. The van der Waals surface area contributed by atoms with Crippen molar-refractivity contribution in [2.75, 3.05) is 39.8 Å². The lowest BCUT2D eigenvalue weighted by Gasteiger charge is -2.32. The van der Waals surface area contributed by atoms with Gasteiger partial charge >= 0.3 is 0 Å². The van der Waals surface area contributed by atoms with Crippen molar-refractivity contribution in [3.05, 3.63) is 59.5 Å². The first-order valence-electron chi connectivity index (χ1n) is 10.9. The van der Waals surface area contributed by atoms with E-state index in [1.165, 1.54) is 11.1 Å². The van der Waals surface area contributed by atoms with Crippen molar-refractivity contribution in [2.45, 2.75) is 31.4 Å². The standard InChI is InChI=1S/C23H30N6O/c1-27-12-14-28(15-13-27)11-10-23-26-25-22-9-6-17(16-29(22)23)30-21-8-7-20(24)18-4-2-3-5-19(18)21/h2-6,9,16,20-21H,7-8,10-15,24H2,1H3/t20-,21+/m0/s1. The minimum atomic E-state index is 0.0312. The van der Waals surface area contributed by atoms with Gasteiger partial charge in [0.05, 0.1) is 6.20 Å². The van der Waals surface area contributed by atoms with Crippen LogP contribution in [0.2, 0.25) is 0 Å². The highest BCUT2D eigenvalue weighted by Crippen LogP contribution is 2.37. The molecule has 3 aromatic rings. The van der Waals surface area contributed by atoms with Gasteiger partial charge in [-0.3, -0.25) is 4.40 Å². The molecule has 7 nitrogen and oxygen atoms in total. The maximum absolute atomic E-state index is 6.42. The van der Waals surface area contributed by atoms with E-state index in [1.54, 1.807) is 0 Å². The average molecular weight is 407 g/mol. The van der Waals surface area contributed by atoms with Gasteiger partial charge in [0.1, 0.15) is 17.7 Å². The Morgan fingerprint density at radius 1 is 1.00 bits per heavy atom. The van der Waals surface area contributed by atoms with Gasteiger partial charge < -0.3 is 20.3 Å². The van der Waals surface area contributed by atoms with Crippen LogP contribution in [0.25, 0.3) is 5.65 Å². The van der Waals surface area contributed by atoms with Gasteiger partial charge in [-0.25, -0.2) is 0 Å². The van der Waals surface area contributed by atoms with E-state index in [2.05, 4.69) is 55.7 Å². The van der Waals surface area contributed by atoms with Crippen LogP contribution in [0, 0.1) is 0 Å². The molecule has 1 aromatic carbocycles. The molecule has 1 aliphatic carbocycles. The van der Waals surface area contributed by atoms with Crippen LogP contribution in [0.5, 0.6) is 5.75 Å². The molecule has 2 N–H and O–H groups in total. The summed E-state index contributed by atoms with van der Waals surface area (Å²) in [6.07, 6.45) is 4.81. The summed E-state index contributed by atoms with van der Waals surface area (Å²) < 4.78 is 8.50. The Morgan fingerprint density at radius 2 is 1.80 bits per heavy atom. The summed E-state index contributed by atoms with van der Waals surface area (Å²) in [7, 11) is 2.18. The molecule has 5 rings (SSSR count). The predicted octanol–water partition coefficient (Wildman–Crippen LogP) is 2.43. The SMILES string of the molecule is CN1CCN(CCc2nnc3ccc(O[C@@H]4CC[C@H](N)c5ccccc54)cn23)CC1. The average Bonchev–Trinajstić information content (AvgIpc) is 3.18. The summed E-state index contributed by atoms with van der Waals surface area (Å²) in [4.78, 5) is 4.88. The zero-order chi connectivity index (χ0) is 20.5. The Labute approximate surface area is 177 Å². The highest BCUT2D eigenvalue weighted by molar-refractivity contribution is 5.42. The number of ether oxygens (including phenoxy) is 1. The van der Waals surface area contributed by atoms with Gasteiger partial charge in [0.15, 0.2) is 5.65 Å². The molecule has 2 atom stereocenters. The largest absolute Gasteiger partial charge is 0.484 e. The molecule has 0 spiro atoms. The summed E-state index contributed by atoms with van der Waals surface area (Å²) >= 11 is 0. The number of benzene rings is 1. The molecule has 0 saturated carbocycles. The van der Waals surface area contributed by atoms with E-state index in [4.69, 9.17) is 10.5 Å². The Kier molecular flexibility index (Phi) is 5.41. The molecule has 0 amide bonds. The molecule has 0 radical (unpaired) electrons. The van der Waals surface area contributed by atoms with E-state index >= 15 is 0 Å². The van der Waals surface area contributed by atoms with Crippen LogP contribution in [0.15, 0.2) is 42.6 Å². The van der Waals surface area contributed by atoms with Gasteiger partial charge in [0.25, 0.3) is 0 Å². The van der Waals surface area contributed by atoms with E-state index in [9.17, 15) is 0 Å². The molecule has 1 saturated heterocycles. The van der Waals surface area contributed by atoms with Crippen molar-refractivity contribution in [3.8, 4) is 5.75 Å². The van der Waals surface area contributed by atoms with Crippen LogP contribution in [-0.2, 0) is 6.42 Å². The summed E-state index contributed by atoms with van der Waals surface area (Å²) in [5.74, 6) is 1.83. The van der Waals surface area contributed by atoms with Crippen LogP contribution >= 0.6 is 0 Å². The van der Waals surface area contributed by atoms with Crippen molar-refractivity contribution < 1.29 is 4.74 Å². The van der Waals surface area contributed by atoms with Crippen LogP contribution in [0.3, 0.4) is 0 Å². The second kappa shape index (κ2) is 8.34. The van der Waals surface area contributed by atoms with Crippen LogP contribution in [0.4, 0.5) is 0 Å². The number of piperazine rings is 1. The number of hydrogen-bond acceptors (Lipinski definition) is 6. The summed E-state index contributed by atoms with van der Waals surface area (Å²) in [5.41, 5.74) is 9.57. The molecule has 0 bridgehead atoms. The Morgan fingerprint density at radius 3 is 2.63 bits per heavy atom. The first-order valence-corrected chi connectivity index (χ1v) is 10.9. The maximum atomic E-state index is 6.42. The fourth-order valence-corrected chi connectivity index (χ4v) is 4.56. The van der Waals surface area contributed by atoms with Gasteiger partial charge in [0.2, 0.25) is 0 Å². The molecule has 2 aliphatic rings. The normalized spacial score (nSPS) is 22.9. The van der Waals surface area contributed by atoms with Crippen molar-refractivity contribution in [1.29, 1.82) is 0 Å². The third-order valence-corrected chi connectivity index (χ3v) is 6.45. The van der Waals surface area contributed by atoms with Gasteiger partial charge in [-0.05, 0) is 43.1 Å². The number of aromatic nitrogens is 3. The lowest BCUT2D eigenvalue weighted by Crippen LogP contribution is -2.45. The van der Waals surface area contributed by atoms with Crippen molar-refractivity contribution in [3.63, 3.8) is 0 Å². The molecule has 7 heteroatoms. The number of pyridine rings is 1. The van der Waals surface area contributed by atoms with Crippen molar-refractivity contribution in [1.82, 2.24) is 24.4 Å². The Hall–Kier alpha value is -2.48. The topological polar surface area (TPSA) is 71.9 Å². The van der Waals surface area contributed by atoms with Gasteiger partial charge in [-0.1, -0.05) is 24.3 Å². The third-order valence-electron chi connectivity index (χ3n) is 6.45. The molecular weight excluding hydrogens is 376 g/mol. The number of nitrogens with zero attached hydrogens (tertiary/aromatic N) is 5. The fourth-order valence-electron chi connectivity index (χ4n) is 4.56. The van der Waals surface area contributed by atoms with Crippen molar-refractivity contribution >= 4 is 5.65 Å². The number of fused-ring (bicyclic) bond motifs is 2. The summed E-state index contributed by atoms with van der Waals surface area (Å²) in [5, 5.41) is 8.77. The molecule has 2 aromatic heterocycles. The highest BCUT2D eigenvalue weighted by Gasteiger charge is 2.26. The highest BCUT2D eigenvalue weighted by atomic mass is 16.5. The number of nitrogens with two attached hydrogens (primary N) is 1. The Balaban J connectivity index is 1.32. The van der Waals surface area contributed by atoms with E-state index in [-0.39, 0.29) is 12.1 Å².